The van der Waals surface area contributed by atoms with Gasteiger partial charge in [-0.3, -0.25) is 0 Å². The summed E-state index contributed by atoms with van der Waals surface area (Å²) >= 11 is 0. The van der Waals surface area contributed by atoms with Gasteiger partial charge in [0, 0.05) is 19.6 Å². The third kappa shape index (κ3) is 3.32. The highest BCUT2D eigenvalue weighted by atomic mass is 19.1. The Labute approximate surface area is 113 Å². The van der Waals surface area contributed by atoms with Gasteiger partial charge in [-0.25, -0.2) is 4.39 Å². The second kappa shape index (κ2) is 5.85. The molecule has 2 rings (SSSR count). The van der Waals surface area contributed by atoms with E-state index >= 15 is 0 Å². The third-order valence-electron chi connectivity index (χ3n) is 3.17. The van der Waals surface area contributed by atoms with Crippen molar-refractivity contribution >= 4 is 5.69 Å². The van der Waals surface area contributed by atoms with Gasteiger partial charge in [-0.1, -0.05) is 36.4 Å². The van der Waals surface area contributed by atoms with Crippen molar-refractivity contribution in [2.45, 2.75) is 19.5 Å². The maximum Gasteiger partial charge on any atom is 0.146 e. The SMILES string of the molecule is CC(N)c1ccc(N(C)Cc2ccccc2)c(F)c1. The van der Waals surface area contributed by atoms with E-state index in [1.807, 2.05) is 55.3 Å². The molecule has 1 unspecified atom stereocenters. The van der Waals surface area contributed by atoms with Gasteiger partial charge in [0.05, 0.1) is 5.69 Å². The number of hydrogen-bond donors (Lipinski definition) is 1. The zero-order valence-corrected chi connectivity index (χ0v) is 11.3. The standard InChI is InChI=1S/C16H19FN2/c1-12(18)14-8-9-16(15(17)10-14)19(2)11-13-6-4-3-5-7-13/h3-10,12H,11,18H2,1-2H3. The molecule has 2 aromatic carbocycles. The molecule has 0 saturated carbocycles. The zero-order valence-electron chi connectivity index (χ0n) is 11.3. The minimum absolute atomic E-state index is 0.150. The predicted molar refractivity (Wildman–Crippen MR) is 77.6 cm³/mol. The largest absolute Gasteiger partial charge is 0.368 e. The van der Waals surface area contributed by atoms with Gasteiger partial charge in [0.15, 0.2) is 0 Å². The summed E-state index contributed by atoms with van der Waals surface area (Å²) < 4.78 is 14.1. The van der Waals surface area contributed by atoms with Crippen LogP contribution in [-0.4, -0.2) is 7.05 Å². The van der Waals surface area contributed by atoms with Crippen molar-refractivity contribution in [3.05, 3.63) is 65.5 Å². The third-order valence-corrected chi connectivity index (χ3v) is 3.17. The van der Waals surface area contributed by atoms with E-state index in [0.29, 0.717) is 12.2 Å². The van der Waals surface area contributed by atoms with Crippen LogP contribution in [0.4, 0.5) is 10.1 Å². The number of anilines is 1. The highest BCUT2D eigenvalue weighted by Crippen LogP contribution is 2.23. The topological polar surface area (TPSA) is 29.3 Å². The quantitative estimate of drug-likeness (QED) is 0.909. The van der Waals surface area contributed by atoms with Gasteiger partial charge < -0.3 is 10.6 Å². The summed E-state index contributed by atoms with van der Waals surface area (Å²) in [5, 5.41) is 0. The fourth-order valence-electron chi connectivity index (χ4n) is 2.06. The van der Waals surface area contributed by atoms with Gasteiger partial charge in [-0.15, -0.1) is 0 Å². The lowest BCUT2D eigenvalue weighted by atomic mass is 10.1. The number of nitrogens with zero attached hydrogens (tertiary/aromatic N) is 1. The van der Waals surface area contributed by atoms with Crippen LogP contribution in [0.15, 0.2) is 48.5 Å². The number of nitrogens with two attached hydrogens (primary N) is 1. The number of rotatable bonds is 4. The molecule has 0 aromatic heterocycles. The number of halogens is 1. The molecule has 0 fully saturated rings. The monoisotopic (exact) mass is 258 g/mol. The fraction of sp³-hybridized carbons (Fsp3) is 0.250. The minimum atomic E-state index is -0.228. The lowest BCUT2D eigenvalue weighted by Gasteiger charge is -2.21. The molecule has 0 radical (unpaired) electrons. The van der Waals surface area contributed by atoms with Crippen LogP contribution in [0.2, 0.25) is 0 Å². The van der Waals surface area contributed by atoms with Crippen LogP contribution in [0.3, 0.4) is 0 Å². The molecule has 0 bridgehead atoms. The van der Waals surface area contributed by atoms with Crippen LogP contribution in [0.5, 0.6) is 0 Å². The Morgan fingerprint density at radius 1 is 1.16 bits per heavy atom. The first kappa shape index (κ1) is 13.6. The lowest BCUT2D eigenvalue weighted by Crippen LogP contribution is -2.18. The van der Waals surface area contributed by atoms with Crippen molar-refractivity contribution in [3.63, 3.8) is 0 Å². The molecule has 19 heavy (non-hydrogen) atoms. The second-order valence-corrected chi connectivity index (χ2v) is 4.84. The maximum atomic E-state index is 14.1. The highest BCUT2D eigenvalue weighted by molar-refractivity contribution is 5.49. The van der Waals surface area contributed by atoms with Gasteiger partial charge in [0.25, 0.3) is 0 Å². The maximum absolute atomic E-state index is 14.1. The Morgan fingerprint density at radius 3 is 2.42 bits per heavy atom. The van der Waals surface area contributed by atoms with Gasteiger partial charge >= 0.3 is 0 Å². The summed E-state index contributed by atoms with van der Waals surface area (Å²) in [5.41, 5.74) is 8.31. The molecule has 100 valence electrons. The van der Waals surface area contributed by atoms with Gasteiger partial charge in [0.1, 0.15) is 5.82 Å². The van der Waals surface area contributed by atoms with Crippen LogP contribution in [0.25, 0.3) is 0 Å². The van der Waals surface area contributed by atoms with E-state index in [1.54, 1.807) is 6.07 Å². The van der Waals surface area contributed by atoms with Gasteiger partial charge in [-0.05, 0) is 30.2 Å². The van der Waals surface area contributed by atoms with Crippen LogP contribution in [-0.2, 0) is 6.54 Å². The van der Waals surface area contributed by atoms with Crippen molar-refractivity contribution in [3.8, 4) is 0 Å². The average Bonchev–Trinajstić information content (AvgIpc) is 2.39. The molecule has 0 saturated heterocycles. The normalized spacial score (nSPS) is 12.2. The molecule has 2 aromatic rings. The summed E-state index contributed by atoms with van der Waals surface area (Å²) in [6.45, 7) is 2.53. The van der Waals surface area contributed by atoms with Gasteiger partial charge in [0.2, 0.25) is 0 Å². The van der Waals surface area contributed by atoms with Crippen LogP contribution in [0.1, 0.15) is 24.1 Å². The van der Waals surface area contributed by atoms with Crippen molar-refractivity contribution in [1.29, 1.82) is 0 Å². The van der Waals surface area contributed by atoms with Crippen molar-refractivity contribution in [2.75, 3.05) is 11.9 Å². The summed E-state index contributed by atoms with van der Waals surface area (Å²) in [5.74, 6) is -0.228. The highest BCUT2D eigenvalue weighted by Gasteiger charge is 2.10. The summed E-state index contributed by atoms with van der Waals surface area (Å²) in [6.07, 6.45) is 0. The van der Waals surface area contributed by atoms with E-state index in [9.17, 15) is 4.39 Å². The Kier molecular flexibility index (Phi) is 4.17. The van der Waals surface area contributed by atoms with E-state index in [1.165, 1.54) is 6.07 Å². The predicted octanol–water partition coefficient (Wildman–Crippen LogP) is 3.48. The molecule has 0 aliphatic heterocycles. The Balaban J connectivity index is 2.17. The lowest BCUT2D eigenvalue weighted by molar-refractivity contribution is 0.617. The molecule has 0 amide bonds. The molecular weight excluding hydrogens is 239 g/mol. The first-order valence-corrected chi connectivity index (χ1v) is 6.38. The Morgan fingerprint density at radius 2 is 1.84 bits per heavy atom. The first-order valence-electron chi connectivity index (χ1n) is 6.38. The zero-order chi connectivity index (χ0) is 13.8. The smallest absolute Gasteiger partial charge is 0.146 e. The fourth-order valence-corrected chi connectivity index (χ4v) is 2.06. The van der Waals surface area contributed by atoms with Crippen molar-refractivity contribution in [1.82, 2.24) is 0 Å². The number of hydrogen-bond acceptors (Lipinski definition) is 2. The van der Waals surface area contributed by atoms with E-state index in [-0.39, 0.29) is 11.9 Å². The molecule has 0 heterocycles. The molecule has 0 aliphatic rings. The first-order chi connectivity index (χ1) is 9.08. The molecule has 0 aliphatic carbocycles. The van der Waals surface area contributed by atoms with Crippen LogP contribution < -0.4 is 10.6 Å². The van der Waals surface area contributed by atoms with E-state index in [2.05, 4.69) is 0 Å². The van der Waals surface area contributed by atoms with Gasteiger partial charge in [-0.2, -0.15) is 0 Å². The number of benzene rings is 2. The van der Waals surface area contributed by atoms with E-state index in [0.717, 1.165) is 11.1 Å². The molecule has 2 N–H and O–H groups in total. The summed E-state index contributed by atoms with van der Waals surface area (Å²) in [6, 6.07) is 15.0. The van der Waals surface area contributed by atoms with Crippen molar-refractivity contribution in [2.24, 2.45) is 5.73 Å². The summed E-state index contributed by atoms with van der Waals surface area (Å²) in [7, 11) is 1.89. The van der Waals surface area contributed by atoms with Crippen molar-refractivity contribution < 1.29 is 4.39 Å². The molecular formula is C16H19FN2. The van der Waals surface area contributed by atoms with E-state index < -0.39 is 0 Å². The van der Waals surface area contributed by atoms with Crippen LogP contribution in [0, 0.1) is 5.82 Å². The van der Waals surface area contributed by atoms with E-state index in [4.69, 9.17) is 5.73 Å². The molecule has 0 spiro atoms. The molecule has 2 nitrogen and oxygen atoms in total. The average molecular weight is 258 g/mol. The Hall–Kier alpha value is -1.87. The van der Waals surface area contributed by atoms with Crippen LogP contribution >= 0.6 is 0 Å². The molecule has 1 atom stereocenters. The minimum Gasteiger partial charge on any atom is -0.368 e. The summed E-state index contributed by atoms with van der Waals surface area (Å²) in [4.78, 5) is 1.90. The Bertz CT molecular complexity index is 538. The molecule has 3 heteroatoms. The second-order valence-electron chi connectivity index (χ2n) is 4.84.